The summed E-state index contributed by atoms with van der Waals surface area (Å²) >= 11 is 0. The van der Waals surface area contributed by atoms with Gasteiger partial charge in [0, 0.05) is 31.6 Å². The number of nitrogens with zero attached hydrogens (tertiary/aromatic N) is 2. The Morgan fingerprint density at radius 3 is 2.75 bits per heavy atom. The lowest BCUT2D eigenvalue weighted by molar-refractivity contribution is 0.105. The molecule has 0 spiro atoms. The first-order valence-corrected chi connectivity index (χ1v) is 6.92. The molecule has 0 bridgehead atoms. The van der Waals surface area contributed by atoms with Gasteiger partial charge in [-0.3, -0.25) is 0 Å². The van der Waals surface area contributed by atoms with Crippen molar-refractivity contribution in [2.75, 3.05) is 37.7 Å². The highest BCUT2D eigenvalue weighted by atomic mass is 16.6. The zero-order chi connectivity index (χ0) is 13.9. The molecule has 1 aliphatic rings. The molecule has 0 aliphatic carbocycles. The van der Waals surface area contributed by atoms with Crippen molar-refractivity contribution in [3.63, 3.8) is 0 Å². The number of amides is 1. The van der Waals surface area contributed by atoms with E-state index < -0.39 is 0 Å². The van der Waals surface area contributed by atoms with E-state index in [2.05, 4.69) is 11.0 Å². The van der Waals surface area contributed by atoms with Gasteiger partial charge in [0.15, 0.2) is 0 Å². The van der Waals surface area contributed by atoms with Crippen molar-refractivity contribution < 1.29 is 13.9 Å². The van der Waals surface area contributed by atoms with E-state index in [4.69, 9.17) is 9.15 Å². The Bertz CT molecular complexity index is 600. The summed E-state index contributed by atoms with van der Waals surface area (Å²) in [7, 11) is 0. The molecule has 0 radical (unpaired) electrons. The Hall–Kier alpha value is -2.17. The average Bonchev–Trinajstić information content (AvgIpc) is 2.92. The zero-order valence-electron chi connectivity index (χ0n) is 11.5. The lowest BCUT2D eigenvalue weighted by atomic mass is 10.2. The molecular formula is C15H18N2O3. The summed E-state index contributed by atoms with van der Waals surface area (Å²) in [4.78, 5) is 15.7. The van der Waals surface area contributed by atoms with E-state index in [0.29, 0.717) is 19.7 Å². The molecule has 2 aromatic rings. The topological polar surface area (TPSA) is 45.9 Å². The summed E-state index contributed by atoms with van der Waals surface area (Å²) < 4.78 is 10.6. The van der Waals surface area contributed by atoms with Crippen molar-refractivity contribution in [2.24, 2.45) is 0 Å². The van der Waals surface area contributed by atoms with Gasteiger partial charge in [-0.1, -0.05) is 12.1 Å². The summed E-state index contributed by atoms with van der Waals surface area (Å²) in [5.74, 6) is 0. The second-order valence-corrected chi connectivity index (χ2v) is 4.79. The number of para-hydroxylation sites is 1. The van der Waals surface area contributed by atoms with Gasteiger partial charge in [0.25, 0.3) is 0 Å². The first-order valence-electron chi connectivity index (χ1n) is 6.92. The van der Waals surface area contributed by atoms with E-state index in [-0.39, 0.29) is 6.09 Å². The Balaban J connectivity index is 1.70. The van der Waals surface area contributed by atoms with Crippen molar-refractivity contribution in [1.82, 2.24) is 4.90 Å². The van der Waals surface area contributed by atoms with Gasteiger partial charge in [0.1, 0.15) is 11.8 Å². The molecule has 1 aliphatic heterocycles. The van der Waals surface area contributed by atoms with Crippen LogP contribution in [-0.2, 0) is 4.74 Å². The molecule has 5 nitrogen and oxygen atoms in total. The molecule has 2 heterocycles. The molecule has 0 N–H and O–H groups in total. The Labute approximate surface area is 117 Å². The summed E-state index contributed by atoms with van der Waals surface area (Å²) in [5.41, 5.74) is 2.00. The quantitative estimate of drug-likeness (QED) is 0.844. The molecule has 0 saturated carbocycles. The minimum Gasteiger partial charge on any atom is -0.462 e. The predicted octanol–water partition coefficient (Wildman–Crippen LogP) is 2.71. The summed E-state index contributed by atoms with van der Waals surface area (Å²) in [6.07, 6.45) is 1.58. The van der Waals surface area contributed by atoms with E-state index in [0.717, 1.165) is 29.7 Å². The number of carbonyl (C=O) groups is 1. The maximum atomic E-state index is 11.7. The third-order valence-electron chi connectivity index (χ3n) is 3.61. The first kappa shape index (κ1) is 12.8. The average molecular weight is 274 g/mol. The largest absolute Gasteiger partial charge is 0.462 e. The van der Waals surface area contributed by atoms with Crippen molar-refractivity contribution in [1.29, 1.82) is 0 Å². The minimum absolute atomic E-state index is 0.218. The van der Waals surface area contributed by atoms with Crippen LogP contribution in [0.4, 0.5) is 10.5 Å². The maximum absolute atomic E-state index is 11.7. The Morgan fingerprint density at radius 1 is 1.25 bits per heavy atom. The van der Waals surface area contributed by atoms with Crippen molar-refractivity contribution in [3.8, 4) is 0 Å². The number of carbonyl (C=O) groups excluding carboxylic acids is 1. The molecule has 1 aromatic heterocycles. The molecule has 0 atom stereocenters. The smallest absolute Gasteiger partial charge is 0.409 e. The highest BCUT2D eigenvalue weighted by Crippen LogP contribution is 2.29. The van der Waals surface area contributed by atoms with Crippen LogP contribution >= 0.6 is 0 Å². The fourth-order valence-corrected chi connectivity index (χ4v) is 2.55. The number of rotatable bonds is 2. The van der Waals surface area contributed by atoms with Crippen LogP contribution in [0.1, 0.15) is 6.92 Å². The molecule has 3 rings (SSSR count). The number of hydrogen-bond donors (Lipinski definition) is 0. The first-order chi connectivity index (χ1) is 9.79. The van der Waals surface area contributed by atoms with E-state index in [1.165, 1.54) is 0 Å². The second-order valence-electron chi connectivity index (χ2n) is 4.79. The highest BCUT2D eigenvalue weighted by molar-refractivity contribution is 5.91. The lowest BCUT2D eigenvalue weighted by Gasteiger charge is -2.34. The van der Waals surface area contributed by atoms with Crippen molar-refractivity contribution in [3.05, 3.63) is 30.5 Å². The molecular weight excluding hydrogens is 256 g/mol. The van der Waals surface area contributed by atoms with Gasteiger partial charge in [-0.2, -0.15) is 0 Å². The fourth-order valence-electron chi connectivity index (χ4n) is 2.55. The van der Waals surface area contributed by atoms with Crippen LogP contribution in [-0.4, -0.2) is 43.8 Å². The van der Waals surface area contributed by atoms with Crippen molar-refractivity contribution >= 4 is 22.7 Å². The van der Waals surface area contributed by atoms with Crippen LogP contribution in [0.3, 0.4) is 0 Å². The van der Waals surface area contributed by atoms with Gasteiger partial charge < -0.3 is 19.0 Å². The number of furan rings is 1. The Kier molecular flexibility index (Phi) is 3.50. The van der Waals surface area contributed by atoms with Gasteiger partial charge in [0.2, 0.25) is 0 Å². The minimum atomic E-state index is -0.218. The number of piperazine rings is 1. The Morgan fingerprint density at radius 2 is 2.00 bits per heavy atom. The molecule has 20 heavy (non-hydrogen) atoms. The van der Waals surface area contributed by atoms with E-state index in [1.54, 1.807) is 11.2 Å². The number of benzene rings is 1. The zero-order valence-corrected chi connectivity index (χ0v) is 11.5. The third kappa shape index (κ3) is 2.31. The standard InChI is InChI=1S/C15H18N2O3/c1-2-19-15(18)17-9-7-16(8-10-17)13-11-20-14-6-4-3-5-12(13)14/h3-6,11H,2,7-10H2,1H3. The van der Waals surface area contributed by atoms with Gasteiger partial charge in [-0.05, 0) is 19.1 Å². The van der Waals surface area contributed by atoms with Crippen LogP contribution in [0, 0.1) is 0 Å². The SMILES string of the molecule is CCOC(=O)N1CCN(c2coc3ccccc23)CC1. The van der Waals surface area contributed by atoms with Gasteiger partial charge in [0.05, 0.1) is 12.3 Å². The summed E-state index contributed by atoms with van der Waals surface area (Å²) in [5, 5.41) is 1.12. The van der Waals surface area contributed by atoms with Crippen LogP contribution in [0.15, 0.2) is 34.9 Å². The molecule has 1 fully saturated rings. The maximum Gasteiger partial charge on any atom is 0.409 e. The predicted molar refractivity (Wildman–Crippen MR) is 77.0 cm³/mol. The number of ether oxygens (including phenoxy) is 1. The number of anilines is 1. The van der Waals surface area contributed by atoms with Gasteiger partial charge in [-0.15, -0.1) is 0 Å². The molecule has 106 valence electrons. The fraction of sp³-hybridized carbons (Fsp3) is 0.400. The normalized spacial score (nSPS) is 15.7. The van der Waals surface area contributed by atoms with Crippen LogP contribution in [0.2, 0.25) is 0 Å². The van der Waals surface area contributed by atoms with Gasteiger partial charge >= 0.3 is 6.09 Å². The van der Waals surface area contributed by atoms with Crippen LogP contribution in [0.25, 0.3) is 11.0 Å². The third-order valence-corrected chi connectivity index (χ3v) is 3.61. The van der Waals surface area contributed by atoms with Crippen LogP contribution in [0.5, 0.6) is 0 Å². The highest BCUT2D eigenvalue weighted by Gasteiger charge is 2.23. The summed E-state index contributed by atoms with van der Waals surface area (Å²) in [6.45, 7) is 5.19. The van der Waals surface area contributed by atoms with Crippen molar-refractivity contribution in [2.45, 2.75) is 6.92 Å². The molecule has 1 amide bonds. The number of hydrogen-bond acceptors (Lipinski definition) is 4. The lowest BCUT2D eigenvalue weighted by Crippen LogP contribution is -2.48. The van der Waals surface area contributed by atoms with E-state index >= 15 is 0 Å². The van der Waals surface area contributed by atoms with Gasteiger partial charge in [-0.25, -0.2) is 4.79 Å². The molecule has 1 aromatic carbocycles. The second kappa shape index (κ2) is 5.45. The van der Waals surface area contributed by atoms with E-state index in [9.17, 15) is 4.79 Å². The van der Waals surface area contributed by atoms with Crippen LogP contribution < -0.4 is 4.90 Å². The molecule has 0 unspecified atom stereocenters. The molecule has 5 heteroatoms. The summed E-state index contributed by atoms with van der Waals surface area (Å²) in [6, 6.07) is 8.00. The van der Waals surface area contributed by atoms with E-state index in [1.807, 2.05) is 25.1 Å². The monoisotopic (exact) mass is 274 g/mol. The number of fused-ring (bicyclic) bond motifs is 1. The molecule has 1 saturated heterocycles.